The van der Waals surface area contributed by atoms with Gasteiger partial charge in [-0.3, -0.25) is 15.6 Å². The van der Waals surface area contributed by atoms with Gasteiger partial charge in [-0.25, -0.2) is 4.39 Å². The molecule has 0 fully saturated rings. The molecule has 1 heterocycles. The number of rotatable bonds is 5. The summed E-state index contributed by atoms with van der Waals surface area (Å²) in [7, 11) is 0. The summed E-state index contributed by atoms with van der Waals surface area (Å²) in [5, 5.41) is 6.60. The highest BCUT2D eigenvalue weighted by Gasteiger charge is 2.11. The molecule has 0 aliphatic carbocycles. The van der Waals surface area contributed by atoms with Crippen LogP contribution in [-0.4, -0.2) is 16.2 Å². The van der Waals surface area contributed by atoms with Gasteiger partial charge in [-0.2, -0.15) is 0 Å². The number of carbonyl (C=O) groups is 1. The number of para-hydroxylation sites is 1. The number of nitrogens with one attached hydrogen (secondary N) is 3. The summed E-state index contributed by atoms with van der Waals surface area (Å²) >= 11 is 5.06. The number of amides is 1. The standard InChI is InChI=1S/C20H19FN4O3S/c1-12-16(13(2)28-25-12)11-27-15-7-5-6-14(10-15)19(26)23-24-20(29)22-18-9-4-3-8-17(18)21/h3-10H,11H2,1-2H3,(H,23,26)(H2,22,24,29). The van der Waals surface area contributed by atoms with Crippen LogP contribution in [0.25, 0.3) is 0 Å². The van der Waals surface area contributed by atoms with Crippen LogP contribution in [0, 0.1) is 19.7 Å². The third-order valence-corrected chi connectivity index (χ3v) is 4.28. The molecular weight excluding hydrogens is 395 g/mol. The van der Waals surface area contributed by atoms with Gasteiger partial charge in [-0.15, -0.1) is 0 Å². The fourth-order valence-corrected chi connectivity index (χ4v) is 2.65. The molecule has 1 amide bonds. The fourth-order valence-electron chi connectivity index (χ4n) is 2.49. The number of anilines is 1. The maximum atomic E-state index is 13.6. The van der Waals surface area contributed by atoms with Crippen LogP contribution in [0.2, 0.25) is 0 Å². The second-order valence-corrected chi connectivity index (χ2v) is 6.54. The van der Waals surface area contributed by atoms with E-state index in [1.807, 2.05) is 13.8 Å². The molecule has 29 heavy (non-hydrogen) atoms. The lowest BCUT2D eigenvalue weighted by atomic mass is 10.2. The number of hydrogen-bond donors (Lipinski definition) is 3. The minimum Gasteiger partial charge on any atom is -0.489 e. The Bertz CT molecular complexity index is 1020. The number of hydrogen-bond acceptors (Lipinski definition) is 5. The Hall–Kier alpha value is -3.46. The van der Waals surface area contributed by atoms with Gasteiger partial charge in [0.05, 0.1) is 16.9 Å². The van der Waals surface area contributed by atoms with Crippen molar-refractivity contribution in [2.24, 2.45) is 0 Å². The van der Waals surface area contributed by atoms with Crippen molar-refractivity contribution in [1.82, 2.24) is 16.0 Å². The van der Waals surface area contributed by atoms with Crippen LogP contribution in [0.4, 0.5) is 10.1 Å². The first-order valence-corrected chi connectivity index (χ1v) is 9.11. The predicted octanol–water partition coefficient (Wildman–Crippen LogP) is 3.64. The Morgan fingerprint density at radius 2 is 1.97 bits per heavy atom. The number of thiocarbonyl (C=S) groups is 1. The molecule has 7 nitrogen and oxygen atoms in total. The van der Waals surface area contributed by atoms with Gasteiger partial charge in [0, 0.05) is 5.56 Å². The molecule has 0 saturated heterocycles. The summed E-state index contributed by atoms with van der Waals surface area (Å²) in [4.78, 5) is 12.3. The molecule has 1 aromatic heterocycles. The zero-order chi connectivity index (χ0) is 20.8. The van der Waals surface area contributed by atoms with Gasteiger partial charge in [-0.05, 0) is 56.4 Å². The van der Waals surface area contributed by atoms with Crippen LogP contribution in [0.1, 0.15) is 27.4 Å². The molecule has 0 saturated carbocycles. The lowest BCUT2D eigenvalue weighted by Gasteiger charge is -2.12. The van der Waals surface area contributed by atoms with Crippen LogP contribution in [-0.2, 0) is 6.61 Å². The van der Waals surface area contributed by atoms with E-state index in [2.05, 4.69) is 21.3 Å². The lowest BCUT2D eigenvalue weighted by molar-refractivity contribution is 0.0943. The van der Waals surface area contributed by atoms with Crippen molar-refractivity contribution in [3.63, 3.8) is 0 Å². The molecule has 0 spiro atoms. The average Bonchev–Trinajstić information content (AvgIpc) is 3.04. The van der Waals surface area contributed by atoms with E-state index in [-0.39, 0.29) is 17.4 Å². The number of ether oxygens (including phenoxy) is 1. The van der Waals surface area contributed by atoms with Gasteiger partial charge in [-0.1, -0.05) is 23.4 Å². The normalized spacial score (nSPS) is 10.3. The van der Waals surface area contributed by atoms with E-state index in [4.69, 9.17) is 21.5 Å². The summed E-state index contributed by atoms with van der Waals surface area (Å²) in [6, 6.07) is 12.7. The summed E-state index contributed by atoms with van der Waals surface area (Å²) in [6.07, 6.45) is 0. The first-order chi connectivity index (χ1) is 13.9. The van der Waals surface area contributed by atoms with Crippen molar-refractivity contribution in [3.8, 4) is 5.75 Å². The molecule has 0 atom stereocenters. The van der Waals surface area contributed by atoms with Crippen LogP contribution < -0.4 is 20.9 Å². The van der Waals surface area contributed by atoms with Gasteiger partial charge in [0.15, 0.2) is 5.11 Å². The largest absolute Gasteiger partial charge is 0.489 e. The number of aryl methyl sites for hydroxylation is 2. The molecule has 0 bridgehead atoms. The van der Waals surface area contributed by atoms with E-state index in [0.29, 0.717) is 17.1 Å². The zero-order valence-corrected chi connectivity index (χ0v) is 16.6. The summed E-state index contributed by atoms with van der Waals surface area (Å²) in [5.74, 6) is 0.331. The molecule has 0 aliphatic heterocycles. The third kappa shape index (κ3) is 5.29. The first kappa shape index (κ1) is 20.3. The van der Waals surface area contributed by atoms with E-state index in [9.17, 15) is 9.18 Å². The summed E-state index contributed by atoms with van der Waals surface area (Å²) in [6.45, 7) is 3.93. The van der Waals surface area contributed by atoms with Crippen LogP contribution >= 0.6 is 12.2 Å². The second kappa shape index (κ2) is 9.16. The maximum absolute atomic E-state index is 13.6. The molecule has 9 heteroatoms. The van der Waals surface area contributed by atoms with E-state index < -0.39 is 11.7 Å². The Morgan fingerprint density at radius 1 is 1.17 bits per heavy atom. The average molecular weight is 414 g/mol. The lowest BCUT2D eigenvalue weighted by Crippen LogP contribution is -2.43. The van der Waals surface area contributed by atoms with Gasteiger partial charge >= 0.3 is 0 Å². The molecule has 0 radical (unpaired) electrons. The minimum atomic E-state index is -0.453. The zero-order valence-electron chi connectivity index (χ0n) is 15.8. The Morgan fingerprint density at radius 3 is 2.69 bits per heavy atom. The Labute approximate surface area is 172 Å². The fraction of sp³-hybridized carbons (Fsp3) is 0.150. The summed E-state index contributed by atoms with van der Waals surface area (Å²) < 4.78 is 24.5. The van der Waals surface area contributed by atoms with E-state index >= 15 is 0 Å². The number of nitrogens with zero attached hydrogens (tertiary/aromatic N) is 1. The number of aromatic nitrogens is 1. The van der Waals surface area contributed by atoms with Crippen LogP contribution in [0.15, 0.2) is 53.1 Å². The van der Waals surface area contributed by atoms with Crippen molar-refractivity contribution >= 4 is 28.9 Å². The van der Waals surface area contributed by atoms with Crippen LogP contribution in [0.5, 0.6) is 5.75 Å². The monoisotopic (exact) mass is 414 g/mol. The number of hydrazine groups is 1. The molecular formula is C20H19FN4O3S. The minimum absolute atomic E-state index is 0.0502. The number of benzene rings is 2. The van der Waals surface area contributed by atoms with Crippen molar-refractivity contribution in [1.29, 1.82) is 0 Å². The summed E-state index contributed by atoms with van der Waals surface area (Å²) in [5.41, 5.74) is 7.19. The maximum Gasteiger partial charge on any atom is 0.269 e. The van der Waals surface area contributed by atoms with Gasteiger partial charge < -0.3 is 14.6 Å². The van der Waals surface area contributed by atoms with Gasteiger partial charge in [0.1, 0.15) is 23.9 Å². The van der Waals surface area contributed by atoms with Gasteiger partial charge in [0.25, 0.3) is 5.91 Å². The molecule has 0 unspecified atom stereocenters. The van der Waals surface area contributed by atoms with Gasteiger partial charge in [0.2, 0.25) is 0 Å². The van der Waals surface area contributed by atoms with E-state index in [1.165, 1.54) is 12.1 Å². The predicted molar refractivity (Wildman–Crippen MR) is 110 cm³/mol. The van der Waals surface area contributed by atoms with Crippen LogP contribution in [0.3, 0.4) is 0 Å². The number of halogens is 1. The molecule has 3 N–H and O–H groups in total. The molecule has 150 valence electrons. The van der Waals surface area contributed by atoms with Crippen molar-refractivity contribution in [2.45, 2.75) is 20.5 Å². The van der Waals surface area contributed by atoms with Crippen molar-refractivity contribution < 1.29 is 18.4 Å². The highest BCUT2D eigenvalue weighted by molar-refractivity contribution is 7.80. The quantitative estimate of drug-likeness (QED) is 0.434. The van der Waals surface area contributed by atoms with Crippen molar-refractivity contribution in [3.05, 3.63) is 76.9 Å². The highest BCUT2D eigenvalue weighted by Crippen LogP contribution is 2.18. The SMILES string of the molecule is Cc1noc(C)c1COc1cccc(C(=O)NNC(=S)Nc2ccccc2F)c1. The van der Waals surface area contributed by atoms with E-state index in [0.717, 1.165) is 11.3 Å². The molecule has 3 rings (SSSR count). The molecule has 3 aromatic rings. The van der Waals surface area contributed by atoms with Crippen molar-refractivity contribution in [2.75, 3.05) is 5.32 Å². The highest BCUT2D eigenvalue weighted by atomic mass is 32.1. The Kier molecular flexibility index (Phi) is 6.40. The second-order valence-electron chi connectivity index (χ2n) is 6.13. The van der Waals surface area contributed by atoms with E-state index in [1.54, 1.807) is 36.4 Å². The number of carbonyl (C=O) groups excluding carboxylic acids is 1. The molecule has 0 aliphatic rings. The topological polar surface area (TPSA) is 88.4 Å². The molecule has 2 aromatic carbocycles. The third-order valence-electron chi connectivity index (χ3n) is 4.07. The first-order valence-electron chi connectivity index (χ1n) is 8.70. The Balaban J connectivity index is 1.55. The smallest absolute Gasteiger partial charge is 0.269 e.